The van der Waals surface area contributed by atoms with Gasteiger partial charge in [0, 0.05) is 23.2 Å². The van der Waals surface area contributed by atoms with Crippen molar-refractivity contribution in [2.75, 3.05) is 18.9 Å². The van der Waals surface area contributed by atoms with Gasteiger partial charge in [-0.1, -0.05) is 5.11 Å². The third-order valence-corrected chi connectivity index (χ3v) is 3.62. The molecule has 0 aliphatic carbocycles. The largest absolute Gasteiger partial charge is 0.394 e. The molecule has 2 rings (SSSR count). The summed E-state index contributed by atoms with van der Waals surface area (Å²) in [6.07, 6.45) is -2.56. The van der Waals surface area contributed by atoms with Gasteiger partial charge in [-0.25, -0.2) is 4.79 Å². The number of hydrogen-bond donors (Lipinski definition) is 4. The second-order valence-corrected chi connectivity index (χ2v) is 5.13. The molecular formula is C12H18N6O5. The Hall–Kier alpha value is -2.17. The third kappa shape index (κ3) is 3.60. The molecule has 11 nitrogen and oxygen atoms in total. The van der Waals surface area contributed by atoms with E-state index in [0.717, 1.165) is 4.57 Å². The summed E-state index contributed by atoms with van der Waals surface area (Å²) in [7, 11) is 0. The van der Waals surface area contributed by atoms with Gasteiger partial charge in [0.1, 0.15) is 24.1 Å². The predicted octanol–water partition coefficient (Wildman–Crippen LogP) is -1.32. The molecule has 5 N–H and O–H groups in total. The minimum Gasteiger partial charge on any atom is -0.394 e. The summed E-state index contributed by atoms with van der Waals surface area (Å²) >= 11 is 0. The average Bonchev–Trinajstić information content (AvgIpc) is 2.81. The van der Waals surface area contributed by atoms with Gasteiger partial charge in [-0.15, -0.1) is 0 Å². The number of nitrogen functional groups attached to an aromatic ring is 1. The van der Waals surface area contributed by atoms with Crippen LogP contribution in [-0.2, 0) is 11.2 Å². The number of aliphatic hydroxyl groups excluding tert-OH is 3. The zero-order valence-electron chi connectivity index (χ0n) is 12.2. The maximum Gasteiger partial charge on any atom is 0.351 e. The van der Waals surface area contributed by atoms with Gasteiger partial charge in [-0.05, 0) is 18.4 Å². The van der Waals surface area contributed by atoms with Gasteiger partial charge in [0.05, 0.1) is 6.61 Å². The first-order valence-electron chi connectivity index (χ1n) is 7.00. The smallest absolute Gasteiger partial charge is 0.351 e. The molecule has 11 heteroatoms. The first kappa shape index (κ1) is 17.2. The second-order valence-electron chi connectivity index (χ2n) is 5.13. The van der Waals surface area contributed by atoms with E-state index in [1.807, 2.05) is 0 Å². The Labute approximate surface area is 130 Å². The molecule has 1 aromatic heterocycles. The van der Waals surface area contributed by atoms with Crippen molar-refractivity contribution in [1.29, 1.82) is 0 Å². The Kier molecular flexibility index (Phi) is 5.53. The molecule has 0 unspecified atom stereocenters. The van der Waals surface area contributed by atoms with E-state index >= 15 is 0 Å². The van der Waals surface area contributed by atoms with Gasteiger partial charge in [0.25, 0.3) is 0 Å². The van der Waals surface area contributed by atoms with E-state index < -0.39 is 36.8 Å². The molecule has 0 spiro atoms. The van der Waals surface area contributed by atoms with E-state index in [1.54, 1.807) is 0 Å². The summed E-state index contributed by atoms with van der Waals surface area (Å²) in [4.78, 5) is 18.3. The maximum atomic E-state index is 12.0. The molecule has 0 amide bonds. The zero-order chi connectivity index (χ0) is 17.0. The van der Waals surface area contributed by atoms with E-state index in [9.17, 15) is 15.0 Å². The topological polar surface area (TPSA) is 180 Å². The van der Waals surface area contributed by atoms with Crippen molar-refractivity contribution in [3.05, 3.63) is 32.7 Å². The number of nitrogens with two attached hydrogens (primary N) is 1. The van der Waals surface area contributed by atoms with Gasteiger partial charge in [0.15, 0.2) is 6.23 Å². The minimum atomic E-state index is -1.38. The van der Waals surface area contributed by atoms with Crippen molar-refractivity contribution >= 4 is 5.82 Å². The van der Waals surface area contributed by atoms with E-state index in [-0.39, 0.29) is 12.4 Å². The van der Waals surface area contributed by atoms with E-state index in [2.05, 4.69) is 15.0 Å². The van der Waals surface area contributed by atoms with Crippen molar-refractivity contribution in [2.24, 2.45) is 5.11 Å². The number of anilines is 1. The molecule has 1 aromatic rings. The zero-order valence-corrected chi connectivity index (χ0v) is 12.2. The van der Waals surface area contributed by atoms with Crippen molar-refractivity contribution in [2.45, 2.75) is 37.4 Å². The molecule has 0 aromatic carbocycles. The normalized spacial score (nSPS) is 26.9. The standard InChI is InChI=1S/C12H18N6O5/c13-10-6(2-1-3-15-17-14)4-18(12(22)16-10)11-9(21)8(20)7(5-19)23-11/h4,7-9,11,19-21H,1-3,5H2,(H2,13,16,22)/t7-,8-,9-,11-/m1/s1. The van der Waals surface area contributed by atoms with Gasteiger partial charge in [-0.3, -0.25) is 4.57 Å². The lowest BCUT2D eigenvalue weighted by Crippen LogP contribution is -2.36. The van der Waals surface area contributed by atoms with Gasteiger partial charge in [0.2, 0.25) is 0 Å². The highest BCUT2D eigenvalue weighted by Crippen LogP contribution is 2.28. The molecule has 1 saturated heterocycles. The fraction of sp³-hybridized carbons (Fsp3) is 0.667. The quantitative estimate of drug-likeness (QED) is 0.216. The number of aryl methyl sites for hydroxylation is 1. The van der Waals surface area contributed by atoms with E-state index in [1.165, 1.54) is 6.20 Å². The monoisotopic (exact) mass is 326 g/mol. The first-order valence-corrected chi connectivity index (χ1v) is 7.00. The van der Waals surface area contributed by atoms with Gasteiger partial charge in [-0.2, -0.15) is 4.98 Å². The van der Waals surface area contributed by atoms with Crippen LogP contribution in [0.5, 0.6) is 0 Å². The Balaban J connectivity index is 2.25. The second kappa shape index (κ2) is 7.40. The lowest BCUT2D eigenvalue weighted by molar-refractivity contribution is -0.0550. The molecule has 0 saturated carbocycles. The number of ether oxygens (including phenoxy) is 1. The Morgan fingerprint density at radius 3 is 2.83 bits per heavy atom. The molecular weight excluding hydrogens is 308 g/mol. The molecule has 2 heterocycles. The molecule has 0 bridgehead atoms. The summed E-state index contributed by atoms with van der Waals surface area (Å²) < 4.78 is 6.34. The number of hydrogen-bond acceptors (Lipinski definition) is 8. The summed E-state index contributed by atoms with van der Waals surface area (Å²) in [6.45, 7) is -0.228. The highest BCUT2D eigenvalue weighted by Gasteiger charge is 2.43. The fourth-order valence-electron chi connectivity index (χ4n) is 2.39. The summed E-state index contributed by atoms with van der Waals surface area (Å²) in [6, 6.07) is 0. The molecule has 4 atom stereocenters. The van der Waals surface area contributed by atoms with Crippen molar-refractivity contribution in [3.8, 4) is 0 Å². The van der Waals surface area contributed by atoms with E-state index in [4.69, 9.17) is 21.1 Å². The highest BCUT2D eigenvalue weighted by molar-refractivity contribution is 5.36. The van der Waals surface area contributed by atoms with E-state index in [0.29, 0.717) is 18.4 Å². The van der Waals surface area contributed by atoms with Crippen LogP contribution in [0.1, 0.15) is 18.2 Å². The molecule has 1 fully saturated rings. The average molecular weight is 326 g/mol. The lowest BCUT2D eigenvalue weighted by Gasteiger charge is -2.18. The van der Waals surface area contributed by atoms with Gasteiger partial charge >= 0.3 is 5.69 Å². The SMILES string of the molecule is [N-]=[N+]=NCCCc1cn([C@@H]2O[C@H](CO)[C@@H](O)[C@H]2O)c(=O)nc1N. The summed E-state index contributed by atoms with van der Waals surface area (Å²) in [5, 5.41) is 32.2. The van der Waals surface area contributed by atoms with Crippen LogP contribution in [0.25, 0.3) is 10.4 Å². The number of nitrogens with zero attached hydrogens (tertiary/aromatic N) is 5. The summed E-state index contributed by atoms with van der Waals surface area (Å²) in [5.74, 6) is 0.0407. The lowest BCUT2D eigenvalue weighted by atomic mass is 10.1. The van der Waals surface area contributed by atoms with Crippen molar-refractivity contribution in [3.63, 3.8) is 0 Å². The Morgan fingerprint density at radius 2 is 2.22 bits per heavy atom. The minimum absolute atomic E-state index is 0.0407. The van der Waals surface area contributed by atoms with Crippen LogP contribution in [-0.4, -0.2) is 56.3 Å². The Bertz CT molecular complexity index is 658. The highest BCUT2D eigenvalue weighted by atomic mass is 16.6. The van der Waals surface area contributed by atoms with Gasteiger partial charge < -0.3 is 25.8 Å². The predicted molar refractivity (Wildman–Crippen MR) is 78.3 cm³/mol. The van der Waals surface area contributed by atoms with Crippen LogP contribution in [0.2, 0.25) is 0 Å². The van der Waals surface area contributed by atoms with Crippen LogP contribution in [0.3, 0.4) is 0 Å². The molecule has 23 heavy (non-hydrogen) atoms. The first-order chi connectivity index (χ1) is 11.0. The Morgan fingerprint density at radius 1 is 1.48 bits per heavy atom. The molecule has 126 valence electrons. The van der Waals surface area contributed by atoms with Crippen LogP contribution in [0.15, 0.2) is 16.1 Å². The van der Waals surface area contributed by atoms with Crippen molar-refractivity contribution in [1.82, 2.24) is 9.55 Å². The molecule has 0 radical (unpaired) electrons. The van der Waals surface area contributed by atoms with Crippen LogP contribution in [0.4, 0.5) is 5.82 Å². The molecule has 1 aliphatic heterocycles. The third-order valence-electron chi connectivity index (χ3n) is 3.62. The van der Waals surface area contributed by atoms with Crippen LogP contribution in [0, 0.1) is 0 Å². The maximum absolute atomic E-state index is 12.0. The fourth-order valence-corrected chi connectivity index (χ4v) is 2.39. The number of aromatic nitrogens is 2. The number of rotatable bonds is 6. The summed E-state index contributed by atoms with van der Waals surface area (Å²) in [5.41, 5.74) is 13.7. The van der Waals surface area contributed by atoms with Crippen LogP contribution < -0.4 is 11.4 Å². The van der Waals surface area contributed by atoms with Crippen molar-refractivity contribution < 1.29 is 20.1 Å². The number of azide groups is 1. The number of aliphatic hydroxyl groups is 3. The van der Waals surface area contributed by atoms with Crippen LogP contribution >= 0.6 is 0 Å². The molecule has 1 aliphatic rings.